The number of anilines is 2. The highest BCUT2D eigenvalue weighted by Gasteiger charge is 2.12. The minimum Gasteiger partial charge on any atom is -0.493 e. The van der Waals surface area contributed by atoms with Gasteiger partial charge in [-0.1, -0.05) is 12.0 Å². The van der Waals surface area contributed by atoms with Crippen LogP contribution in [0.25, 0.3) is 10.9 Å². The molecule has 0 saturated carbocycles. The van der Waals surface area contributed by atoms with Gasteiger partial charge < -0.3 is 19.5 Å². The summed E-state index contributed by atoms with van der Waals surface area (Å²) in [6, 6.07) is 11.3. The van der Waals surface area contributed by atoms with E-state index >= 15 is 0 Å². The standard InChI is InChI=1S/C20H19N3O3/c1-4-14-6-5-7-15(10-14)23-20-16-11-19(26-9-8-24-2)18(25-3)12-17(16)21-13-22-20/h1,5-7,10-13H,8-9H2,2-3H3,(H,21,22,23). The van der Waals surface area contributed by atoms with Crippen molar-refractivity contribution in [1.29, 1.82) is 0 Å². The summed E-state index contributed by atoms with van der Waals surface area (Å²) in [6.45, 7) is 0.898. The van der Waals surface area contributed by atoms with E-state index in [1.54, 1.807) is 14.2 Å². The first-order valence-corrected chi connectivity index (χ1v) is 8.03. The lowest BCUT2D eigenvalue weighted by Gasteiger charge is -2.13. The van der Waals surface area contributed by atoms with Gasteiger partial charge in [-0.15, -0.1) is 6.42 Å². The van der Waals surface area contributed by atoms with Crippen molar-refractivity contribution in [3.05, 3.63) is 48.3 Å². The van der Waals surface area contributed by atoms with Crippen molar-refractivity contribution in [3.63, 3.8) is 0 Å². The second-order valence-electron chi connectivity index (χ2n) is 5.43. The average Bonchev–Trinajstić information content (AvgIpc) is 2.68. The zero-order valence-corrected chi connectivity index (χ0v) is 14.7. The number of aromatic nitrogens is 2. The van der Waals surface area contributed by atoms with Gasteiger partial charge >= 0.3 is 0 Å². The molecule has 3 aromatic rings. The Morgan fingerprint density at radius 3 is 2.73 bits per heavy atom. The first-order chi connectivity index (χ1) is 12.7. The lowest BCUT2D eigenvalue weighted by Crippen LogP contribution is -2.05. The van der Waals surface area contributed by atoms with Crippen molar-refractivity contribution < 1.29 is 14.2 Å². The molecule has 0 spiro atoms. The highest BCUT2D eigenvalue weighted by atomic mass is 16.5. The van der Waals surface area contributed by atoms with Gasteiger partial charge in [0.25, 0.3) is 0 Å². The van der Waals surface area contributed by atoms with Gasteiger partial charge in [0, 0.05) is 29.8 Å². The lowest BCUT2D eigenvalue weighted by atomic mass is 10.2. The molecule has 0 bridgehead atoms. The quantitative estimate of drug-likeness (QED) is 0.521. The normalized spacial score (nSPS) is 10.3. The van der Waals surface area contributed by atoms with Crippen molar-refractivity contribution in [2.24, 2.45) is 0 Å². The number of terminal acetylenes is 1. The SMILES string of the molecule is C#Cc1cccc(Nc2ncnc3cc(OC)c(OCCOC)cc23)c1. The predicted octanol–water partition coefficient (Wildman–Crippen LogP) is 3.39. The van der Waals surface area contributed by atoms with E-state index in [-0.39, 0.29) is 0 Å². The van der Waals surface area contributed by atoms with Crippen LogP contribution in [0.2, 0.25) is 0 Å². The van der Waals surface area contributed by atoms with Crippen LogP contribution in [0.15, 0.2) is 42.7 Å². The third-order valence-corrected chi connectivity index (χ3v) is 3.76. The molecule has 0 atom stereocenters. The summed E-state index contributed by atoms with van der Waals surface area (Å²) in [7, 11) is 3.22. The zero-order valence-electron chi connectivity index (χ0n) is 14.7. The number of nitrogens with zero attached hydrogens (tertiary/aromatic N) is 2. The van der Waals surface area contributed by atoms with Crippen LogP contribution in [0.5, 0.6) is 11.5 Å². The maximum absolute atomic E-state index is 5.76. The van der Waals surface area contributed by atoms with Crippen molar-refractivity contribution >= 4 is 22.4 Å². The molecule has 3 rings (SSSR count). The van der Waals surface area contributed by atoms with Crippen LogP contribution in [0, 0.1) is 12.3 Å². The van der Waals surface area contributed by atoms with Gasteiger partial charge in [-0.05, 0) is 24.3 Å². The molecule has 0 fully saturated rings. The molecular formula is C20H19N3O3. The fourth-order valence-corrected chi connectivity index (χ4v) is 2.49. The van der Waals surface area contributed by atoms with Gasteiger partial charge in [-0.3, -0.25) is 0 Å². The molecule has 0 radical (unpaired) electrons. The summed E-state index contributed by atoms with van der Waals surface area (Å²) in [4.78, 5) is 8.68. The van der Waals surface area contributed by atoms with E-state index in [4.69, 9.17) is 20.6 Å². The zero-order chi connectivity index (χ0) is 18.4. The van der Waals surface area contributed by atoms with E-state index in [9.17, 15) is 0 Å². The third-order valence-electron chi connectivity index (χ3n) is 3.76. The van der Waals surface area contributed by atoms with Crippen molar-refractivity contribution in [2.45, 2.75) is 0 Å². The summed E-state index contributed by atoms with van der Waals surface area (Å²) < 4.78 is 16.2. The Balaban J connectivity index is 1.99. The summed E-state index contributed by atoms with van der Waals surface area (Å²) >= 11 is 0. The molecule has 1 heterocycles. The lowest BCUT2D eigenvalue weighted by molar-refractivity contribution is 0.144. The molecule has 0 unspecified atom stereocenters. The topological polar surface area (TPSA) is 65.5 Å². The number of methoxy groups -OCH3 is 2. The fraction of sp³-hybridized carbons (Fsp3) is 0.200. The van der Waals surface area contributed by atoms with Gasteiger partial charge in [-0.2, -0.15) is 0 Å². The molecule has 0 aliphatic rings. The van der Waals surface area contributed by atoms with E-state index in [0.29, 0.717) is 30.5 Å². The molecule has 2 aromatic carbocycles. The van der Waals surface area contributed by atoms with E-state index in [0.717, 1.165) is 22.2 Å². The van der Waals surface area contributed by atoms with Crippen LogP contribution >= 0.6 is 0 Å². The molecule has 0 saturated heterocycles. The Morgan fingerprint density at radius 2 is 1.96 bits per heavy atom. The number of fused-ring (bicyclic) bond motifs is 1. The van der Waals surface area contributed by atoms with E-state index < -0.39 is 0 Å². The van der Waals surface area contributed by atoms with Gasteiger partial charge in [0.1, 0.15) is 18.8 Å². The van der Waals surface area contributed by atoms with E-state index in [1.165, 1.54) is 6.33 Å². The molecule has 0 aliphatic heterocycles. The Hall–Kier alpha value is -3.30. The maximum atomic E-state index is 5.76. The fourth-order valence-electron chi connectivity index (χ4n) is 2.49. The average molecular weight is 349 g/mol. The van der Waals surface area contributed by atoms with E-state index in [1.807, 2.05) is 36.4 Å². The molecule has 26 heavy (non-hydrogen) atoms. The smallest absolute Gasteiger partial charge is 0.162 e. The summed E-state index contributed by atoms with van der Waals surface area (Å²) in [5.74, 6) is 4.49. The molecule has 132 valence electrons. The molecule has 6 nitrogen and oxygen atoms in total. The highest BCUT2D eigenvalue weighted by molar-refractivity contribution is 5.93. The predicted molar refractivity (Wildman–Crippen MR) is 101 cm³/mol. The first kappa shape index (κ1) is 17.5. The van der Waals surface area contributed by atoms with Crippen LogP contribution < -0.4 is 14.8 Å². The number of ether oxygens (including phenoxy) is 3. The minimum absolute atomic E-state index is 0.416. The number of benzene rings is 2. The number of hydrogen-bond acceptors (Lipinski definition) is 6. The van der Waals surface area contributed by atoms with Gasteiger partial charge in [0.2, 0.25) is 0 Å². The van der Waals surface area contributed by atoms with Crippen LogP contribution in [-0.4, -0.2) is 37.4 Å². The minimum atomic E-state index is 0.416. The maximum Gasteiger partial charge on any atom is 0.162 e. The molecule has 0 amide bonds. The first-order valence-electron chi connectivity index (χ1n) is 8.03. The Labute approximate surface area is 152 Å². The van der Waals surface area contributed by atoms with Gasteiger partial charge in [0.15, 0.2) is 11.5 Å². The Kier molecular flexibility index (Phi) is 5.52. The van der Waals surface area contributed by atoms with Crippen molar-refractivity contribution in [1.82, 2.24) is 9.97 Å². The molecule has 1 N–H and O–H groups in total. The second kappa shape index (κ2) is 8.19. The molecular weight excluding hydrogens is 330 g/mol. The molecule has 1 aromatic heterocycles. The van der Waals surface area contributed by atoms with Crippen LogP contribution in [0.4, 0.5) is 11.5 Å². The second-order valence-corrected chi connectivity index (χ2v) is 5.43. The summed E-state index contributed by atoms with van der Waals surface area (Å²) in [5.41, 5.74) is 2.38. The van der Waals surface area contributed by atoms with Crippen molar-refractivity contribution in [3.8, 4) is 23.8 Å². The number of nitrogens with one attached hydrogen (secondary N) is 1. The van der Waals surface area contributed by atoms with Crippen LogP contribution in [-0.2, 0) is 4.74 Å². The molecule has 6 heteroatoms. The number of hydrogen-bond donors (Lipinski definition) is 1. The summed E-state index contributed by atoms with van der Waals surface area (Å²) in [6.07, 6.45) is 6.97. The highest BCUT2D eigenvalue weighted by Crippen LogP contribution is 2.34. The van der Waals surface area contributed by atoms with Crippen LogP contribution in [0.1, 0.15) is 5.56 Å². The Morgan fingerprint density at radius 1 is 1.08 bits per heavy atom. The van der Waals surface area contributed by atoms with Gasteiger partial charge in [0.05, 0.1) is 19.2 Å². The monoisotopic (exact) mass is 349 g/mol. The van der Waals surface area contributed by atoms with E-state index in [2.05, 4.69) is 21.2 Å². The summed E-state index contributed by atoms with van der Waals surface area (Å²) in [5, 5.41) is 4.10. The number of rotatable bonds is 7. The van der Waals surface area contributed by atoms with Gasteiger partial charge in [-0.25, -0.2) is 9.97 Å². The van der Waals surface area contributed by atoms with Crippen LogP contribution in [0.3, 0.4) is 0 Å². The molecule has 0 aliphatic carbocycles. The third kappa shape index (κ3) is 3.85. The Bertz CT molecular complexity index is 951. The largest absolute Gasteiger partial charge is 0.493 e. The van der Waals surface area contributed by atoms with Crippen molar-refractivity contribution in [2.75, 3.05) is 32.8 Å².